The maximum Gasteiger partial charge on any atom is 0.122 e. The summed E-state index contributed by atoms with van der Waals surface area (Å²) in [6.45, 7) is 7.46. The first-order valence-electron chi connectivity index (χ1n) is 6.75. The van der Waals surface area contributed by atoms with Crippen molar-refractivity contribution in [3.63, 3.8) is 0 Å². The molecule has 0 bridgehead atoms. The molecule has 0 saturated heterocycles. The Bertz CT molecular complexity index is 321. The number of hydrogen-bond acceptors (Lipinski definition) is 4. The molecule has 1 heterocycles. The van der Waals surface area contributed by atoms with Crippen LogP contribution in [-0.4, -0.2) is 31.2 Å². The molecule has 2 N–H and O–H groups in total. The quantitative estimate of drug-likeness (QED) is 0.735. The van der Waals surface area contributed by atoms with Gasteiger partial charge in [-0.05, 0) is 18.9 Å². The molecule has 1 aromatic heterocycles. The van der Waals surface area contributed by atoms with Gasteiger partial charge in [0.25, 0.3) is 0 Å². The molecule has 0 aliphatic carbocycles. The van der Waals surface area contributed by atoms with Crippen molar-refractivity contribution in [2.75, 3.05) is 20.3 Å². The largest absolute Gasteiger partial charge is 0.468 e. The van der Waals surface area contributed by atoms with Crippen molar-refractivity contribution in [1.82, 2.24) is 4.90 Å². The molecule has 4 nitrogen and oxygen atoms in total. The van der Waals surface area contributed by atoms with Gasteiger partial charge in [-0.2, -0.15) is 0 Å². The third kappa shape index (κ3) is 4.12. The smallest absolute Gasteiger partial charge is 0.122 e. The molecule has 0 saturated carbocycles. The second-order valence-electron chi connectivity index (χ2n) is 4.51. The first-order valence-corrected chi connectivity index (χ1v) is 6.75. The molecule has 18 heavy (non-hydrogen) atoms. The van der Waals surface area contributed by atoms with Gasteiger partial charge < -0.3 is 14.9 Å². The fourth-order valence-corrected chi connectivity index (χ4v) is 2.28. The minimum Gasteiger partial charge on any atom is -0.468 e. The minimum absolute atomic E-state index is 0.535. The van der Waals surface area contributed by atoms with E-state index in [9.17, 15) is 0 Å². The lowest BCUT2D eigenvalue weighted by Gasteiger charge is -2.29. The highest BCUT2D eigenvalue weighted by molar-refractivity contribution is 5.16. The Morgan fingerprint density at radius 3 is 2.67 bits per heavy atom. The zero-order valence-corrected chi connectivity index (χ0v) is 11.8. The van der Waals surface area contributed by atoms with Gasteiger partial charge in [-0.3, -0.25) is 4.90 Å². The molecule has 4 heteroatoms. The lowest BCUT2D eigenvalue weighted by molar-refractivity contribution is 0.104. The van der Waals surface area contributed by atoms with E-state index in [1.54, 1.807) is 13.4 Å². The lowest BCUT2D eigenvalue weighted by Crippen LogP contribution is -2.36. The number of nitrogens with two attached hydrogens (primary N) is 1. The molecular formula is C14H26N2O2. The molecule has 0 radical (unpaired) electrons. The molecule has 0 aromatic carbocycles. The molecular weight excluding hydrogens is 228 g/mol. The highest BCUT2D eigenvalue weighted by atomic mass is 16.5. The highest BCUT2D eigenvalue weighted by Gasteiger charge is 2.18. The summed E-state index contributed by atoms with van der Waals surface area (Å²) in [5.41, 5.74) is 6.81. The molecule has 0 aliphatic rings. The van der Waals surface area contributed by atoms with Gasteiger partial charge in [-0.25, -0.2) is 0 Å². The second kappa shape index (κ2) is 8.29. The van der Waals surface area contributed by atoms with Crippen molar-refractivity contribution in [3.8, 4) is 0 Å². The molecule has 0 atom stereocenters. The summed E-state index contributed by atoms with van der Waals surface area (Å²) in [5.74, 6) is 0.987. The van der Waals surface area contributed by atoms with E-state index >= 15 is 0 Å². The standard InChI is InChI=1S/C14H26N2O2/c1-4-13(5-2)16(7-9-17-3)11-14-12(10-15)6-8-18-14/h6,8,13H,4-5,7,9-11,15H2,1-3H3. The summed E-state index contributed by atoms with van der Waals surface area (Å²) in [5, 5.41) is 0. The van der Waals surface area contributed by atoms with Crippen LogP contribution in [0.2, 0.25) is 0 Å². The van der Waals surface area contributed by atoms with Crippen LogP contribution in [0, 0.1) is 0 Å². The van der Waals surface area contributed by atoms with Crippen molar-refractivity contribution < 1.29 is 9.15 Å². The van der Waals surface area contributed by atoms with Gasteiger partial charge in [0.2, 0.25) is 0 Å². The minimum atomic E-state index is 0.535. The Balaban J connectivity index is 2.70. The fraction of sp³-hybridized carbons (Fsp3) is 0.714. The lowest BCUT2D eigenvalue weighted by atomic mass is 10.1. The Labute approximate surface area is 110 Å². The first kappa shape index (κ1) is 15.2. The van der Waals surface area contributed by atoms with E-state index in [2.05, 4.69) is 18.7 Å². The third-order valence-electron chi connectivity index (χ3n) is 3.45. The summed E-state index contributed by atoms with van der Waals surface area (Å²) in [6.07, 6.45) is 4.00. The van der Waals surface area contributed by atoms with Gasteiger partial charge in [0.15, 0.2) is 0 Å². The molecule has 104 valence electrons. The Morgan fingerprint density at radius 2 is 2.11 bits per heavy atom. The predicted molar refractivity (Wildman–Crippen MR) is 73.3 cm³/mol. The Kier molecular flexibility index (Phi) is 7.01. The summed E-state index contributed by atoms with van der Waals surface area (Å²) < 4.78 is 10.7. The monoisotopic (exact) mass is 254 g/mol. The zero-order valence-electron chi connectivity index (χ0n) is 11.8. The van der Waals surface area contributed by atoms with Gasteiger partial charge in [-0.1, -0.05) is 13.8 Å². The van der Waals surface area contributed by atoms with E-state index in [0.717, 1.165) is 43.9 Å². The van der Waals surface area contributed by atoms with Crippen molar-refractivity contribution >= 4 is 0 Å². The first-order chi connectivity index (χ1) is 8.76. The van der Waals surface area contributed by atoms with Gasteiger partial charge in [0, 0.05) is 31.8 Å². The maximum atomic E-state index is 5.71. The highest BCUT2D eigenvalue weighted by Crippen LogP contribution is 2.17. The average molecular weight is 254 g/mol. The topological polar surface area (TPSA) is 51.6 Å². The van der Waals surface area contributed by atoms with Gasteiger partial charge in [0.05, 0.1) is 19.4 Å². The van der Waals surface area contributed by atoms with Crippen LogP contribution in [0.15, 0.2) is 16.7 Å². The van der Waals surface area contributed by atoms with E-state index < -0.39 is 0 Å². The van der Waals surface area contributed by atoms with Gasteiger partial charge >= 0.3 is 0 Å². The van der Waals surface area contributed by atoms with Gasteiger partial charge in [0.1, 0.15) is 5.76 Å². The van der Waals surface area contributed by atoms with Crippen LogP contribution in [0.25, 0.3) is 0 Å². The number of nitrogens with zero attached hydrogens (tertiary/aromatic N) is 1. The van der Waals surface area contributed by atoms with Crippen molar-refractivity contribution in [2.24, 2.45) is 5.73 Å². The van der Waals surface area contributed by atoms with Crippen LogP contribution in [0.5, 0.6) is 0 Å². The summed E-state index contributed by atoms with van der Waals surface area (Å²) >= 11 is 0. The van der Waals surface area contributed by atoms with Crippen LogP contribution in [0.3, 0.4) is 0 Å². The zero-order chi connectivity index (χ0) is 13.4. The van der Waals surface area contributed by atoms with E-state index in [0.29, 0.717) is 12.6 Å². The molecule has 1 aromatic rings. The SMILES string of the molecule is CCC(CC)N(CCOC)Cc1occc1CN. The number of rotatable bonds is 9. The number of hydrogen-bond donors (Lipinski definition) is 1. The van der Waals surface area contributed by atoms with Crippen LogP contribution in [0.4, 0.5) is 0 Å². The summed E-state index contributed by atoms with van der Waals surface area (Å²) in [7, 11) is 1.74. The van der Waals surface area contributed by atoms with Gasteiger partial charge in [-0.15, -0.1) is 0 Å². The summed E-state index contributed by atoms with van der Waals surface area (Å²) in [6, 6.07) is 2.52. The van der Waals surface area contributed by atoms with E-state index in [-0.39, 0.29) is 0 Å². The third-order valence-corrected chi connectivity index (χ3v) is 3.45. The normalized spacial score (nSPS) is 11.7. The Morgan fingerprint density at radius 1 is 1.39 bits per heavy atom. The van der Waals surface area contributed by atoms with E-state index in [1.807, 2.05) is 6.07 Å². The number of methoxy groups -OCH3 is 1. The molecule has 0 unspecified atom stereocenters. The number of ether oxygens (including phenoxy) is 1. The van der Waals surface area contributed by atoms with E-state index in [4.69, 9.17) is 14.9 Å². The maximum absolute atomic E-state index is 5.71. The van der Waals surface area contributed by atoms with Crippen molar-refractivity contribution in [2.45, 2.75) is 45.8 Å². The van der Waals surface area contributed by atoms with E-state index in [1.165, 1.54) is 0 Å². The molecule has 1 rings (SSSR count). The van der Waals surface area contributed by atoms with Crippen molar-refractivity contribution in [1.29, 1.82) is 0 Å². The fourth-order valence-electron chi connectivity index (χ4n) is 2.28. The molecule has 0 fully saturated rings. The Hall–Kier alpha value is -0.840. The predicted octanol–water partition coefficient (Wildman–Crippen LogP) is 2.38. The van der Waals surface area contributed by atoms with Crippen LogP contribution >= 0.6 is 0 Å². The van der Waals surface area contributed by atoms with Crippen molar-refractivity contribution in [3.05, 3.63) is 23.7 Å². The van der Waals surface area contributed by atoms with Crippen LogP contribution in [-0.2, 0) is 17.8 Å². The van der Waals surface area contributed by atoms with Crippen LogP contribution < -0.4 is 5.73 Å². The van der Waals surface area contributed by atoms with Crippen LogP contribution in [0.1, 0.15) is 38.0 Å². The second-order valence-corrected chi connectivity index (χ2v) is 4.51. The number of furan rings is 1. The average Bonchev–Trinajstić information content (AvgIpc) is 2.84. The molecule has 0 amide bonds. The summed E-state index contributed by atoms with van der Waals surface area (Å²) in [4.78, 5) is 2.42. The molecule has 0 spiro atoms. The molecule has 0 aliphatic heterocycles.